The number of aliphatic hydroxyl groups excluding tert-OH is 3. The third-order valence-corrected chi connectivity index (χ3v) is 4.75. The van der Waals surface area contributed by atoms with Crippen molar-refractivity contribution in [2.75, 3.05) is 0 Å². The zero-order chi connectivity index (χ0) is 17.2. The monoisotopic (exact) mass is 328 g/mol. The number of carboxylic acids is 1. The average Bonchev–Trinajstić information content (AvgIpc) is 2.75. The van der Waals surface area contributed by atoms with Gasteiger partial charge >= 0.3 is 5.97 Å². The molecule has 23 heavy (non-hydrogen) atoms. The number of aliphatic hydroxyl groups is 3. The smallest absolute Gasteiger partial charge is 0.303 e. The quantitative estimate of drug-likeness (QED) is 0.345. The first-order valence-corrected chi connectivity index (χ1v) is 8.90. The number of rotatable bonds is 11. The van der Waals surface area contributed by atoms with E-state index in [-0.39, 0.29) is 18.3 Å². The van der Waals surface area contributed by atoms with Crippen molar-refractivity contribution < 1.29 is 25.2 Å². The molecule has 5 nitrogen and oxygen atoms in total. The van der Waals surface area contributed by atoms with Gasteiger partial charge in [0.15, 0.2) is 0 Å². The van der Waals surface area contributed by atoms with E-state index in [1.807, 2.05) is 6.08 Å². The third kappa shape index (κ3) is 7.46. The predicted molar refractivity (Wildman–Crippen MR) is 89.0 cm³/mol. The van der Waals surface area contributed by atoms with Gasteiger partial charge < -0.3 is 20.4 Å². The third-order valence-electron chi connectivity index (χ3n) is 4.75. The Kier molecular flexibility index (Phi) is 9.44. The molecule has 0 saturated heterocycles. The van der Waals surface area contributed by atoms with Gasteiger partial charge in [-0.2, -0.15) is 0 Å². The van der Waals surface area contributed by atoms with Crippen molar-refractivity contribution in [1.82, 2.24) is 0 Å². The molecular weight excluding hydrogens is 296 g/mol. The van der Waals surface area contributed by atoms with Crippen molar-refractivity contribution in [2.45, 2.75) is 83.0 Å². The zero-order valence-electron chi connectivity index (χ0n) is 14.1. The first-order chi connectivity index (χ1) is 11.0. The van der Waals surface area contributed by atoms with E-state index < -0.39 is 24.3 Å². The molecule has 0 aromatic carbocycles. The van der Waals surface area contributed by atoms with E-state index in [9.17, 15) is 20.1 Å². The molecule has 0 amide bonds. The highest BCUT2D eigenvalue weighted by Crippen LogP contribution is 2.37. The summed E-state index contributed by atoms with van der Waals surface area (Å²) >= 11 is 0. The molecule has 1 rings (SSSR count). The Morgan fingerprint density at radius 3 is 2.57 bits per heavy atom. The number of hydrogen-bond donors (Lipinski definition) is 4. The van der Waals surface area contributed by atoms with Crippen molar-refractivity contribution in [3.05, 3.63) is 12.2 Å². The molecule has 0 aromatic heterocycles. The average molecular weight is 328 g/mol. The fraction of sp³-hybridized carbons (Fsp3) is 0.833. The zero-order valence-corrected chi connectivity index (χ0v) is 14.1. The molecule has 1 saturated carbocycles. The summed E-state index contributed by atoms with van der Waals surface area (Å²) in [7, 11) is 0. The molecule has 1 fully saturated rings. The molecule has 5 heteroatoms. The van der Waals surface area contributed by atoms with Gasteiger partial charge in [-0.1, -0.05) is 44.8 Å². The Hall–Kier alpha value is -0.910. The Morgan fingerprint density at radius 2 is 1.91 bits per heavy atom. The summed E-state index contributed by atoms with van der Waals surface area (Å²) < 4.78 is 0. The van der Waals surface area contributed by atoms with Gasteiger partial charge in [-0.25, -0.2) is 0 Å². The summed E-state index contributed by atoms with van der Waals surface area (Å²) in [5.41, 5.74) is 0. The van der Waals surface area contributed by atoms with E-state index >= 15 is 0 Å². The molecular formula is C18H32O5. The molecule has 4 N–H and O–H groups in total. The topological polar surface area (TPSA) is 98.0 Å². The van der Waals surface area contributed by atoms with Crippen molar-refractivity contribution in [2.24, 2.45) is 11.8 Å². The number of carboxylic acid groups (broad SMARTS) is 1. The molecule has 5 atom stereocenters. The van der Waals surface area contributed by atoms with Gasteiger partial charge in [0.2, 0.25) is 0 Å². The number of unbranched alkanes of at least 4 members (excludes halogenated alkanes) is 3. The van der Waals surface area contributed by atoms with Crippen molar-refractivity contribution in [3.63, 3.8) is 0 Å². The van der Waals surface area contributed by atoms with Gasteiger partial charge in [-0.15, -0.1) is 0 Å². The SMILES string of the molecule is CCCCC[C@@H](O)/C=C/[C@@H]1[C@H](CCCCC(=O)O)[C@H](O)C[C@@H]1O. The van der Waals surface area contributed by atoms with E-state index in [1.54, 1.807) is 6.08 Å². The molecule has 0 bridgehead atoms. The lowest BCUT2D eigenvalue weighted by atomic mass is 9.88. The summed E-state index contributed by atoms with van der Waals surface area (Å²) in [6, 6.07) is 0. The second kappa shape index (κ2) is 10.8. The largest absolute Gasteiger partial charge is 0.481 e. The molecule has 0 unspecified atom stereocenters. The number of carbonyl (C=O) groups is 1. The molecule has 1 aliphatic rings. The lowest BCUT2D eigenvalue weighted by Crippen LogP contribution is -2.21. The minimum Gasteiger partial charge on any atom is -0.481 e. The minimum absolute atomic E-state index is 0.0575. The van der Waals surface area contributed by atoms with Crippen LogP contribution < -0.4 is 0 Å². The minimum atomic E-state index is -0.802. The molecule has 0 aromatic rings. The molecule has 1 aliphatic carbocycles. The van der Waals surface area contributed by atoms with Gasteiger partial charge in [0.25, 0.3) is 0 Å². The lowest BCUT2D eigenvalue weighted by molar-refractivity contribution is -0.137. The highest BCUT2D eigenvalue weighted by molar-refractivity contribution is 5.66. The van der Waals surface area contributed by atoms with Crippen molar-refractivity contribution in [3.8, 4) is 0 Å². The summed E-state index contributed by atoms with van der Waals surface area (Å²) in [6.45, 7) is 2.12. The van der Waals surface area contributed by atoms with Crippen molar-refractivity contribution >= 4 is 5.97 Å². The second-order valence-corrected chi connectivity index (χ2v) is 6.70. The van der Waals surface area contributed by atoms with Gasteiger partial charge in [-0.05, 0) is 25.2 Å². The van der Waals surface area contributed by atoms with Crippen LogP contribution in [0.5, 0.6) is 0 Å². The fourth-order valence-corrected chi connectivity index (χ4v) is 3.39. The maximum absolute atomic E-state index is 10.5. The second-order valence-electron chi connectivity index (χ2n) is 6.70. The summed E-state index contributed by atoms with van der Waals surface area (Å²) in [5, 5.41) is 38.8. The number of aliphatic carboxylic acids is 1. The van der Waals surface area contributed by atoms with Gasteiger partial charge in [-0.3, -0.25) is 4.79 Å². The molecule has 0 heterocycles. The van der Waals surface area contributed by atoms with Crippen molar-refractivity contribution in [1.29, 1.82) is 0 Å². The van der Waals surface area contributed by atoms with Crippen LogP contribution in [0, 0.1) is 11.8 Å². The standard InChI is InChI=1S/C18H32O5/c1-2-3-4-7-13(19)10-11-15-14(16(20)12-17(15)21)8-5-6-9-18(22)23/h10-11,13-17,19-21H,2-9,12H2,1H3,(H,22,23)/b11-10+/t13-,14+,15-,16-,17+/m1/s1. The maximum Gasteiger partial charge on any atom is 0.303 e. The van der Waals surface area contributed by atoms with Crippen LogP contribution in [0.15, 0.2) is 12.2 Å². The molecule has 134 valence electrons. The maximum atomic E-state index is 10.5. The highest BCUT2D eigenvalue weighted by atomic mass is 16.4. The number of hydrogen-bond acceptors (Lipinski definition) is 4. The van der Waals surface area contributed by atoms with Crippen LogP contribution in [0.2, 0.25) is 0 Å². The van der Waals surface area contributed by atoms with Crippen LogP contribution in [-0.4, -0.2) is 44.7 Å². The predicted octanol–water partition coefficient (Wildman–Crippen LogP) is 2.49. The molecule has 0 radical (unpaired) electrons. The molecule has 0 spiro atoms. The Balaban J connectivity index is 2.46. The van der Waals surface area contributed by atoms with E-state index in [2.05, 4.69) is 6.92 Å². The fourth-order valence-electron chi connectivity index (χ4n) is 3.39. The van der Waals surface area contributed by atoms with Gasteiger partial charge in [0.1, 0.15) is 0 Å². The van der Waals surface area contributed by atoms with Crippen LogP contribution in [0.1, 0.15) is 64.7 Å². The first kappa shape index (κ1) is 20.1. The van der Waals surface area contributed by atoms with E-state index in [0.29, 0.717) is 19.3 Å². The van der Waals surface area contributed by atoms with Crippen LogP contribution in [-0.2, 0) is 4.79 Å². The summed E-state index contributed by atoms with van der Waals surface area (Å²) in [5.74, 6) is -1.02. The Morgan fingerprint density at radius 1 is 1.17 bits per heavy atom. The lowest BCUT2D eigenvalue weighted by Gasteiger charge is -2.21. The normalized spacial score (nSPS) is 29.2. The van der Waals surface area contributed by atoms with Crippen LogP contribution in [0.25, 0.3) is 0 Å². The van der Waals surface area contributed by atoms with E-state index in [1.165, 1.54) is 0 Å². The highest BCUT2D eigenvalue weighted by Gasteiger charge is 2.39. The van der Waals surface area contributed by atoms with Crippen LogP contribution in [0.3, 0.4) is 0 Å². The van der Waals surface area contributed by atoms with Crippen LogP contribution >= 0.6 is 0 Å². The summed E-state index contributed by atoms with van der Waals surface area (Å²) in [4.78, 5) is 10.5. The Labute approximate surface area is 139 Å². The first-order valence-electron chi connectivity index (χ1n) is 8.90. The van der Waals surface area contributed by atoms with Gasteiger partial charge in [0.05, 0.1) is 18.3 Å². The van der Waals surface area contributed by atoms with Gasteiger partial charge in [0, 0.05) is 18.8 Å². The van der Waals surface area contributed by atoms with E-state index in [4.69, 9.17) is 5.11 Å². The van der Waals surface area contributed by atoms with E-state index in [0.717, 1.165) is 32.1 Å². The molecule has 0 aliphatic heterocycles. The van der Waals surface area contributed by atoms with Crippen LogP contribution in [0.4, 0.5) is 0 Å². The summed E-state index contributed by atoms with van der Waals surface area (Å²) in [6.07, 6.45) is 8.37. The Bertz CT molecular complexity index is 368.